The molecule has 0 spiro atoms. The minimum atomic E-state index is -0.287. The van der Waals surface area contributed by atoms with Crippen LogP contribution in [-0.2, 0) is 23.7 Å². The second-order valence-corrected chi connectivity index (χ2v) is 4.67. The third-order valence-corrected chi connectivity index (χ3v) is 2.81. The Morgan fingerprint density at radius 2 is 1.57 bits per heavy atom. The van der Waals surface area contributed by atoms with E-state index in [0.29, 0.717) is 39.6 Å². The van der Waals surface area contributed by atoms with Crippen molar-refractivity contribution >= 4 is 5.97 Å². The predicted octanol–water partition coefficient (Wildman–Crippen LogP) is 3.08. The lowest BCUT2D eigenvalue weighted by Gasteiger charge is -2.07. The van der Waals surface area contributed by atoms with Crippen molar-refractivity contribution in [2.45, 2.75) is 46.5 Å². The molecule has 0 aromatic heterocycles. The molecule has 0 radical (unpaired) electrons. The number of rotatable bonds is 14. The van der Waals surface area contributed by atoms with Gasteiger partial charge in [0.25, 0.3) is 0 Å². The van der Waals surface area contributed by atoms with E-state index in [4.69, 9.17) is 18.9 Å². The van der Waals surface area contributed by atoms with Crippen LogP contribution < -0.4 is 0 Å². The average Bonchev–Trinajstić information content (AvgIpc) is 2.47. The lowest BCUT2D eigenvalue weighted by atomic mass is 10.1. The number of ether oxygens (including phenoxy) is 4. The summed E-state index contributed by atoms with van der Waals surface area (Å²) in [5.41, 5.74) is 1.35. The van der Waals surface area contributed by atoms with E-state index in [1.807, 2.05) is 6.26 Å². The van der Waals surface area contributed by atoms with Gasteiger partial charge in [-0.15, -0.1) is 0 Å². The summed E-state index contributed by atoms with van der Waals surface area (Å²) < 4.78 is 20.8. The van der Waals surface area contributed by atoms with E-state index in [9.17, 15) is 4.79 Å². The van der Waals surface area contributed by atoms with Crippen LogP contribution in [0.1, 0.15) is 46.5 Å². The van der Waals surface area contributed by atoms with Gasteiger partial charge in [0.05, 0.1) is 32.7 Å². The summed E-state index contributed by atoms with van der Waals surface area (Å²) >= 11 is 0. The zero-order chi connectivity index (χ0) is 15.8. The third kappa shape index (κ3) is 15.1. The van der Waals surface area contributed by atoms with Crippen LogP contribution >= 0.6 is 0 Å². The first-order valence-electron chi connectivity index (χ1n) is 7.79. The van der Waals surface area contributed by atoms with Gasteiger partial charge in [-0.25, -0.2) is 0 Å². The third-order valence-electron chi connectivity index (χ3n) is 2.81. The molecule has 0 aromatic carbocycles. The molecule has 0 aliphatic carbocycles. The van der Waals surface area contributed by atoms with E-state index >= 15 is 0 Å². The number of carbonyl (C=O) groups excluding carboxylic acids is 1. The van der Waals surface area contributed by atoms with Gasteiger partial charge in [-0.1, -0.05) is 20.3 Å². The molecule has 0 aromatic rings. The Labute approximate surface area is 128 Å². The Bertz CT molecular complexity index is 276. The van der Waals surface area contributed by atoms with Gasteiger partial charge in [0, 0.05) is 6.92 Å². The van der Waals surface area contributed by atoms with Crippen molar-refractivity contribution in [2.24, 2.45) is 0 Å². The van der Waals surface area contributed by atoms with Crippen LogP contribution in [-0.4, -0.2) is 45.6 Å². The molecule has 0 amide bonds. The Hall–Kier alpha value is -1.07. The highest BCUT2D eigenvalue weighted by molar-refractivity contribution is 5.65. The molecule has 0 rings (SSSR count). The minimum Gasteiger partial charge on any atom is -0.499 e. The van der Waals surface area contributed by atoms with E-state index in [2.05, 4.69) is 13.8 Å². The molecular weight excluding hydrogens is 272 g/mol. The fourth-order valence-corrected chi connectivity index (χ4v) is 1.57. The quantitative estimate of drug-likeness (QED) is 0.280. The van der Waals surface area contributed by atoms with Crippen molar-refractivity contribution in [1.82, 2.24) is 0 Å². The summed E-state index contributed by atoms with van der Waals surface area (Å²) in [6, 6.07) is 0. The topological polar surface area (TPSA) is 54.0 Å². The molecule has 0 bridgehead atoms. The van der Waals surface area contributed by atoms with Crippen LogP contribution in [0.25, 0.3) is 0 Å². The van der Waals surface area contributed by atoms with Crippen molar-refractivity contribution in [2.75, 3.05) is 39.6 Å². The summed E-state index contributed by atoms with van der Waals surface area (Å²) in [5.74, 6) is -0.287. The van der Waals surface area contributed by atoms with Gasteiger partial charge in [0.2, 0.25) is 0 Å². The molecule has 5 heteroatoms. The molecule has 21 heavy (non-hydrogen) atoms. The standard InChI is InChI=1S/C16H30O5/c1-4-6-7-16(5-2)14-20-11-10-18-8-9-19-12-13-21-15(3)17/h14H,4-13H2,1-3H3. The molecule has 0 N–H and O–H groups in total. The number of allylic oxidation sites excluding steroid dienone is 1. The number of carbonyl (C=O) groups is 1. The van der Waals surface area contributed by atoms with Crippen molar-refractivity contribution < 1.29 is 23.7 Å². The largest absolute Gasteiger partial charge is 0.499 e. The zero-order valence-electron chi connectivity index (χ0n) is 13.7. The number of esters is 1. The zero-order valence-corrected chi connectivity index (χ0v) is 13.7. The van der Waals surface area contributed by atoms with Crippen LogP contribution in [0.2, 0.25) is 0 Å². The van der Waals surface area contributed by atoms with Crippen LogP contribution in [0.3, 0.4) is 0 Å². The van der Waals surface area contributed by atoms with E-state index < -0.39 is 0 Å². The maximum atomic E-state index is 10.5. The minimum absolute atomic E-state index is 0.287. The lowest BCUT2D eigenvalue weighted by Crippen LogP contribution is -2.12. The maximum Gasteiger partial charge on any atom is 0.302 e. The van der Waals surface area contributed by atoms with Gasteiger partial charge >= 0.3 is 5.97 Å². The molecule has 0 aliphatic rings. The molecular formula is C16H30O5. The average molecular weight is 302 g/mol. The summed E-state index contributed by atoms with van der Waals surface area (Å²) in [5, 5.41) is 0. The fourth-order valence-electron chi connectivity index (χ4n) is 1.57. The number of hydrogen-bond donors (Lipinski definition) is 0. The van der Waals surface area contributed by atoms with Crippen molar-refractivity contribution in [3.05, 3.63) is 11.8 Å². The summed E-state index contributed by atoms with van der Waals surface area (Å²) in [7, 11) is 0. The Balaban J connectivity index is 3.31. The van der Waals surface area contributed by atoms with Gasteiger partial charge in [-0.05, 0) is 24.8 Å². The molecule has 5 nitrogen and oxygen atoms in total. The molecule has 0 saturated carbocycles. The van der Waals surface area contributed by atoms with Crippen LogP contribution in [0.15, 0.2) is 11.8 Å². The smallest absolute Gasteiger partial charge is 0.302 e. The fraction of sp³-hybridized carbons (Fsp3) is 0.812. The van der Waals surface area contributed by atoms with Gasteiger partial charge in [-0.2, -0.15) is 0 Å². The first-order valence-corrected chi connectivity index (χ1v) is 7.79. The van der Waals surface area contributed by atoms with Gasteiger partial charge < -0.3 is 18.9 Å². The Kier molecular flexibility index (Phi) is 14.5. The molecule has 124 valence electrons. The lowest BCUT2D eigenvalue weighted by molar-refractivity contribution is -0.142. The number of unbranched alkanes of at least 4 members (excludes halogenated alkanes) is 1. The Morgan fingerprint density at radius 3 is 2.14 bits per heavy atom. The summed E-state index contributed by atoms with van der Waals surface area (Å²) in [6.07, 6.45) is 6.44. The van der Waals surface area contributed by atoms with Crippen molar-refractivity contribution in [1.29, 1.82) is 0 Å². The van der Waals surface area contributed by atoms with Crippen LogP contribution in [0.4, 0.5) is 0 Å². The van der Waals surface area contributed by atoms with E-state index in [-0.39, 0.29) is 5.97 Å². The van der Waals surface area contributed by atoms with Crippen molar-refractivity contribution in [3.8, 4) is 0 Å². The molecule has 0 saturated heterocycles. The highest BCUT2D eigenvalue weighted by Crippen LogP contribution is 2.10. The molecule has 0 atom stereocenters. The highest BCUT2D eigenvalue weighted by Gasteiger charge is 1.95. The van der Waals surface area contributed by atoms with Gasteiger partial charge in [0.15, 0.2) is 0 Å². The van der Waals surface area contributed by atoms with Crippen LogP contribution in [0, 0.1) is 0 Å². The molecule has 0 unspecified atom stereocenters. The highest BCUT2D eigenvalue weighted by atomic mass is 16.6. The summed E-state index contributed by atoms with van der Waals surface area (Å²) in [6.45, 7) is 8.53. The molecule has 0 fully saturated rings. The Morgan fingerprint density at radius 1 is 0.952 bits per heavy atom. The normalized spacial score (nSPS) is 11.5. The van der Waals surface area contributed by atoms with E-state index in [1.165, 1.54) is 25.3 Å². The van der Waals surface area contributed by atoms with Gasteiger partial charge in [-0.3, -0.25) is 4.79 Å². The predicted molar refractivity (Wildman–Crippen MR) is 82.1 cm³/mol. The first-order chi connectivity index (χ1) is 10.2. The number of hydrogen-bond acceptors (Lipinski definition) is 5. The molecule has 0 aliphatic heterocycles. The second kappa shape index (κ2) is 15.3. The summed E-state index contributed by atoms with van der Waals surface area (Å²) in [4.78, 5) is 10.5. The first kappa shape index (κ1) is 19.9. The van der Waals surface area contributed by atoms with Crippen LogP contribution in [0.5, 0.6) is 0 Å². The van der Waals surface area contributed by atoms with Crippen molar-refractivity contribution in [3.63, 3.8) is 0 Å². The van der Waals surface area contributed by atoms with Gasteiger partial charge in [0.1, 0.15) is 13.2 Å². The van der Waals surface area contributed by atoms with E-state index in [1.54, 1.807) is 0 Å². The maximum absolute atomic E-state index is 10.5. The SMILES string of the molecule is CCCCC(=COCCOCCOCCOC(C)=O)CC. The van der Waals surface area contributed by atoms with E-state index in [0.717, 1.165) is 12.8 Å². The monoisotopic (exact) mass is 302 g/mol. The molecule has 0 heterocycles. The second-order valence-electron chi connectivity index (χ2n) is 4.67.